The Kier molecular flexibility index (Phi) is 3.64. The zero-order chi connectivity index (χ0) is 14.2. The minimum Gasteiger partial charge on any atom is -0.389 e. The Hall–Kier alpha value is -1.41. The number of nitrogens with two attached hydrogens (primary N) is 1. The van der Waals surface area contributed by atoms with Gasteiger partial charge in [-0.1, -0.05) is 12.2 Å². The molecule has 0 amide bonds. The average Bonchev–Trinajstić information content (AvgIpc) is 2.74. The Morgan fingerprint density at radius 1 is 1.37 bits per heavy atom. The summed E-state index contributed by atoms with van der Waals surface area (Å²) in [4.78, 5) is -0.291. The summed E-state index contributed by atoms with van der Waals surface area (Å²) in [6.45, 7) is 0. The summed E-state index contributed by atoms with van der Waals surface area (Å²) in [7, 11) is 0. The molecule has 1 aromatic heterocycles. The normalized spacial score (nSPS) is 11.6. The number of hydrogen-bond acceptors (Lipinski definition) is 2. The topological polar surface area (TPSA) is 43.8 Å². The summed E-state index contributed by atoms with van der Waals surface area (Å²) in [5.74, 6) is 0. The Morgan fingerprint density at radius 3 is 2.53 bits per heavy atom. The predicted molar refractivity (Wildman–Crippen MR) is 72.2 cm³/mol. The van der Waals surface area contributed by atoms with Crippen molar-refractivity contribution < 1.29 is 13.2 Å². The van der Waals surface area contributed by atoms with Crippen molar-refractivity contribution in [3.63, 3.8) is 0 Å². The average molecular weight is 350 g/mol. The Balaban J connectivity index is 2.59. The van der Waals surface area contributed by atoms with Crippen LogP contribution in [0.4, 0.5) is 13.2 Å². The van der Waals surface area contributed by atoms with Gasteiger partial charge in [-0.25, -0.2) is 4.68 Å². The van der Waals surface area contributed by atoms with Crippen molar-refractivity contribution in [3.8, 4) is 5.69 Å². The molecule has 0 aliphatic heterocycles. The van der Waals surface area contributed by atoms with Crippen molar-refractivity contribution in [2.75, 3.05) is 0 Å². The van der Waals surface area contributed by atoms with Gasteiger partial charge in [-0.2, -0.15) is 18.3 Å². The number of halogens is 4. The second kappa shape index (κ2) is 4.93. The van der Waals surface area contributed by atoms with Gasteiger partial charge in [0.1, 0.15) is 4.99 Å². The summed E-state index contributed by atoms with van der Waals surface area (Å²) in [5.41, 5.74) is 4.51. The minimum absolute atomic E-state index is 0.197. The Morgan fingerprint density at radius 2 is 2.05 bits per heavy atom. The maximum atomic E-state index is 13.0. The largest absolute Gasteiger partial charge is 0.417 e. The van der Waals surface area contributed by atoms with Crippen molar-refractivity contribution in [2.45, 2.75) is 6.18 Å². The molecule has 0 unspecified atom stereocenters. The second-order valence-electron chi connectivity index (χ2n) is 3.70. The van der Waals surface area contributed by atoms with Gasteiger partial charge in [-0.15, -0.1) is 0 Å². The van der Waals surface area contributed by atoms with Crippen LogP contribution in [0.1, 0.15) is 11.1 Å². The van der Waals surface area contributed by atoms with Gasteiger partial charge < -0.3 is 5.73 Å². The lowest BCUT2D eigenvalue weighted by Crippen LogP contribution is -2.18. The fourth-order valence-corrected chi connectivity index (χ4v) is 2.03. The highest BCUT2D eigenvalue weighted by Crippen LogP contribution is 2.33. The molecule has 8 heteroatoms. The molecule has 0 saturated heterocycles. The molecule has 2 rings (SSSR count). The number of alkyl halides is 3. The first-order valence-electron chi connectivity index (χ1n) is 5.00. The van der Waals surface area contributed by atoms with E-state index in [1.54, 1.807) is 6.20 Å². The fourth-order valence-electron chi connectivity index (χ4n) is 1.57. The first kappa shape index (κ1) is 14.0. The Bertz CT molecular complexity index is 636. The van der Waals surface area contributed by atoms with Crippen LogP contribution in [0.2, 0.25) is 0 Å². The zero-order valence-corrected chi connectivity index (χ0v) is 11.7. The van der Waals surface area contributed by atoms with E-state index in [1.165, 1.54) is 23.0 Å². The molecular weight excluding hydrogens is 343 g/mol. The summed E-state index contributed by atoms with van der Waals surface area (Å²) in [6.07, 6.45) is -1.50. The van der Waals surface area contributed by atoms with Crippen LogP contribution in [0.3, 0.4) is 0 Å². The summed E-state index contributed by atoms with van der Waals surface area (Å²) in [6, 6.07) is 3.69. The van der Waals surface area contributed by atoms with E-state index >= 15 is 0 Å². The molecule has 3 nitrogen and oxygen atoms in total. The van der Waals surface area contributed by atoms with Crippen LogP contribution in [-0.4, -0.2) is 14.8 Å². The molecule has 0 saturated carbocycles. The van der Waals surface area contributed by atoms with E-state index in [1.807, 2.05) is 0 Å². The van der Waals surface area contributed by atoms with Gasteiger partial charge >= 0.3 is 6.18 Å². The highest BCUT2D eigenvalue weighted by Gasteiger charge is 2.34. The third-order valence-electron chi connectivity index (χ3n) is 2.39. The molecule has 100 valence electrons. The SMILES string of the molecule is NC(=S)c1ccc(-n2cc(Br)cn2)cc1C(F)(F)F. The number of rotatable bonds is 2. The van der Waals surface area contributed by atoms with Crippen molar-refractivity contribution in [3.05, 3.63) is 46.2 Å². The maximum absolute atomic E-state index is 13.0. The lowest BCUT2D eigenvalue weighted by atomic mass is 10.1. The van der Waals surface area contributed by atoms with Crippen molar-refractivity contribution in [2.24, 2.45) is 5.73 Å². The van der Waals surface area contributed by atoms with Gasteiger partial charge in [0.15, 0.2) is 0 Å². The smallest absolute Gasteiger partial charge is 0.389 e. The van der Waals surface area contributed by atoms with Crippen LogP contribution in [0, 0.1) is 0 Å². The molecule has 0 bridgehead atoms. The highest BCUT2D eigenvalue weighted by atomic mass is 79.9. The van der Waals surface area contributed by atoms with Gasteiger partial charge in [0, 0.05) is 11.8 Å². The summed E-state index contributed by atoms with van der Waals surface area (Å²) in [5, 5.41) is 3.92. The van der Waals surface area contributed by atoms with E-state index in [-0.39, 0.29) is 16.2 Å². The van der Waals surface area contributed by atoms with Crippen LogP contribution in [0.25, 0.3) is 5.69 Å². The van der Waals surface area contributed by atoms with Crippen molar-refractivity contribution >= 4 is 33.1 Å². The summed E-state index contributed by atoms with van der Waals surface area (Å²) >= 11 is 7.81. The van der Waals surface area contributed by atoms with Crippen molar-refractivity contribution in [1.29, 1.82) is 0 Å². The molecule has 1 heterocycles. The molecule has 0 fully saturated rings. The highest BCUT2D eigenvalue weighted by molar-refractivity contribution is 9.10. The standard InChI is InChI=1S/C11H7BrF3N3S/c12-6-4-17-18(5-6)7-1-2-8(10(16)19)9(3-7)11(13,14)15/h1-5H,(H2,16,19). The van der Waals surface area contributed by atoms with Crippen molar-refractivity contribution in [1.82, 2.24) is 9.78 Å². The number of benzene rings is 1. The summed E-state index contributed by atoms with van der Waals surface area (Å²) < 4.78 is 40.9. The molecule has 0 aliphatic rings. The van der Waals surface area contributed by atoms with Gasteiger partial charge in [-0.05, 0) is 34.1 Å². The molecule has 0 atom stereocenters. The predicted octanol–water partition coefficient (Wildman–Crippen LogP) is 3.29. The lowest BCUT2D eigenvalue weighted by molar-refractivity contribution is -0.137. The first-order valence-corrected chi connectivity index (χ1v) is 6.21. The molecule has 1 aromatic carbocycles. The molecule has 0 spiro atoms. The van der Waals surface area contributed by atoms with Crippen LogP contribution in [0.15, 0.2) is 35.1 Å². The number of aromatic nitrogens is 2. The van der Waals surface area contributed by atoms with Gasteiger partial charge in [0.2, 0.25) is 0 Å². The molecule has 2 N–H and O–H groups in total. The molecular formula is C11H7BrF3N3S. The quantitative estimate of drug-likeness (QED) is 0.846. The van der Waals surface area contributed by atoms with Crippen LogP contribution in [-0.2, 0) is 6.18 Å². The van der Waals surface area contributed by atoms with Gasteiger partial charge in [-0.3, -0.25) is 0 Å². The minimum atomic E-state index is -4.53. The lowest BCUT2D eigenvalue weighted by Gasteiger charge is -2.13. The van der Waals surface area contributed by atoms with Crippen LogP contribution in [0.5, 0.6) is 0 Å². The van der Waals surface area contributed by atoms with Gasteiger partial charge in [0.05, 0.1) is 21.9 Å². The van der Waals surface area contributed by atoms with E-state index in [0.717, 1.165) is 6.07 Å². The van der Waals surface area contributed by atoms with E-state index < -0.39 is 11.7 Å². The number of thiocarbonyl (C=S) groups is 1. The third-order valence-corrected chi connectivity index (χ3v) is 3.02. The second-order valence-corrected chi connectivity index (χ2v) is 5.05. The first-order chi connectivity index (χ1) is 8.79. The van der Waals surface area contributed by atoms with E-state index in [2.05, 4.69) is 33.2 Å². The third kappa shape index (κ3) is 2.95. The monoisotopic (exact) mass is 349 g/mol. The zero-order valence-electron chi connectivity index (χ0n) is 9.28. The van der Waals surface area contributed by atoms with E-state index in [0.29, 0.717) is 4.47 Å². The van der Waals surface area contributed by atoms with E-state index in [4.69, 9.17) is 5.73 Å². The number of hydrogen-bond donors (Lipinski definition) is 1. The molecule has 19 heavy (non-hydrogen) atoms. The van der Waals surface area contributed by atoms with Crippen LogP contribution >= 0.6 is 28.1 Å². The molecule has 2 aromatic rings. The number of nitrogens with zero attached hydrogens (tertiary/aromatic N) is 2. The Labute approximate surface area is 120 Å². The molecule has 0 radical (unpaired) electrons. The van der Waals surface area contributed by atoms with Crippen LogP contribution < -0.4 is 5.73 Å². The van der Waals surface area contributed by atoms with Gasteiger partial charge in [0.25, 0.3) is 0 Å². The maximum Gasteiger partial charge on any atom is 0.417 e. The fraction of sp³-hybridized carbons (Fsp3) is 0.0909. The van der Waals surface area contributed by atoms with E-state index in [9.17, 15) is 13.2 Å². The molecule has 0 aliphatic carbocycles.